The summed E-state index contributed by atoms with van der Waals surface area (Å²) in [6.45, 7) is 0. The molecule has 1 aromatic carbocycles. The molecule has 1 fully saturated rings. The van der Waals surface area contributed by atoms with Gasteiger partial charge in [0.05, 0.1) is 23.9 Å². The van der Waals surface area contributed by atoms with Gasteiger partial charge in [-0.1, -0.05) is 35.9 Å². The molecule has 0 aliphatic heterocycles. The third-order valence-electron chi connectivity index (χ3n) is 5.17. The van der Waals surface area contributed by atoms with Crippen LogP contribution in [0.2, 0.25) is 5.02 Å². The average Bonchev–Trinajstić information content (AvgIpc) is 2.62. The molecule has 2 aliphatic rings. The van der Waals surface area contributed by atoms with Crippen molar-refractivity contribution in [3.63, 3.8) is 0 Å². The first-order valence-corrected chi connectivity index (χ1v) is 8.24. The molecule has 0 spiro atoms. The fourth-order valence-corrected chi connectivity index (χ4v) is 4.33. The molecular formula is C19H15ClN4. The number of hydrogen-bond donors (Lipinski definition) is 1. The topological polar surface area (TPSA) is 95.2 Å². The first-order chi connectivity index (χ1) is 11.6. The summed E-state index contributed by atoms with van der Waals surface area (Å²) in [6, 6.07) is 13.5. The highest BCUT2D eigenvalue weighted by molar-refractivity contribution is 6.31. The van der Waals surface area contributed by atoms with Gasteiger partial charge in [0.15, 0.2) is 5.41 Å². The van der Waals surface area contributed by atoms with Crippen LogP contribution in [0.1, 0.15) is 30.7 Å². The number of halogens is 1. The quantitative estimate of drug-likeness (QED) is 0.773. The Kier molecular flexibility index (Phi) is 4.15. The predicted molar refractivity (Wildman–Crippen MR) is 90.1 cm³/mol. The zero-order valence-electron chi connectivity index (χ0n) is 13.0. The zero-order chi connectivity index (χ0) is 17.3. The largest absolute Gasteiger partial charge is 0.305 e. The molecule has 0 saturated heterocycles. The van der Waals surface area contributed by atoms with E-state index in [1.807, 2.05) is 18.2 Å². The van der Waals surface area contributed by atoms with Gasteiger partial charge in [0.2, 0.25) is 0 Å². The first-order valence-electron chi connectivity index (χ1n) is 7.86. The van der Waals surface area contributed by atoms with E-state index in [1.165, 1.54) is 0 Å². The third kappa shape index (κ3) is 2.14. The van der Waals surface area contributed by atoms with E-state index in [0.717, 1.165) is 24.8 Å². The Morgan fingerprint density at radius 1 is 1.17 bits per heavy atom. The van der Waals surface area contributed by atoms with Crippen molar-refractivity contribution in [2.75, 3.05) is 0 Å². The lowest BCUT2D eigenvalue weighted by molar-refractivity contribution is 0.320. The molecule has 0 radical (unpaired) electrons. The van der Waals surface area contributed by atoms with Crippen LogP contribution in [0.5, 0.6) is 0 Å². The van der Waals surface area contributed by atoms with Crippen LogP contribution in [0, 0.1) is 56.7 Å². The summed E-state index contributed by atoms with van der Waals surface area (Å²) in [5.74, 6) is -1.44. The van der Waals surface area contributed by atoms with Crippen molar-refractivity contribution >= 4 is 17.3 Å². The molecule has 3 atom stereocenters. The average molecular weight is 335 g/mol. The smallest absolute Gasteiger partial charge is 0.189 e. The molecule has 0 heterocycles. The van der Waals surface area contributed by atoms with E-state index < -0.39 is 17.3 Å². The summed E-state index contributed by atoms with van der Waals surface area (Å²) < 4.78 is 0. The molecule has 5 heteroatoms. The van der Waals surface area contributed by atoms with Gasteiger partial charge in [-0.2, -0.15) is 15.8 Å². The van der Waals surface area contributed by atoms with Crippen LogP contribution in [0.15, 0.2) is 35.9 Å². The molecule has 0 amide bonds. The predicted octanol–water partition coefficient (Wildman–Crippen LogP) is 4.36. The van der Waals surface area contributed by atoms with Crippen molar-refractivity contribution in [1.29, 1.82) is 21.2 Å². The van der Waals surface area contributed by atoms with E-state index in [0.29, 0.717) is 10.6 Å². The Balaban J connectivity index is 2.29. The summed E-state index contributed by atoms with van der Waals surface area (Å²) in [7, 11) is 0. The van der Waals surface area contributed by atoms with E-state index in [2.05, 4.69) is 18.2 Å². The number of rotatable bonds is 1. The number of hydrogen-bond acceptors (Lipinski definition) is 4. The van der Waals surface area contributed by atoms with Crippen LogP contribution >= 0.6 is 11.6 Å². The fraction of sp³-hybridized carbons (Fsp3) is 0.368. The normalized spacial score (nSPS) is 27.8. The Morgan fingerprint density at radius 2 is 1.88 bits per heavy atom. The van der Waals surface area contributed by atoms with Gasteiger partial charge in [-0.05, 0) is 42.4 Å². The van der Waals surface area contributed by atoms with Gasteiger partial charge in [-0.15, -0.1) is 0 Å². The van der Waals surface area contributed by atoms with Crippen LogP contribution < -0.4 is 0 Å². The molecular weight excluding hydrogens is 320 g/mol. The maximum Gasteiger partial charge on any atom is 0.189 e. The zero-order valence-corrected chi connectivity index (χ0v) is 13.7. The highest BCUT2D eigenvalue weighted by atomic mass is 35.5. The fourth-order valence-electron chi connectivity index (χ4n) is 4.08. The van der Waals surface area contributed by atoms with Gasteiger partial charge in [-0.25, -0.2) is 0 Å². The highest BCUT2D eigenvalue weighted by Gasteiger charge is 2.57. The number of nitriles is 3. The van der Waals surface area contributed by atoms with E-state index in [-0.39, 0.29) is 11.6 Å². The minimum atomic E-state index is -1.66. The van der Waals surface area contributed by atoms with Gasteiger partial charge in [0, 0.05) is 10.9 Å². The molecule has 0 unspecified atom stereocenters. The number of benzene rings is 1. The summed E-state index contributed by atoms with van der Waals surface area (Å²) in [5.41, 5.74) is -0.199. The van der Waals surface area contributed by atoms with Crippen molar-refractivity contribution in [1.82, 2.24) is 0 Å². The van der Waals surface area contributed by atoms with Crippen molar-refractivity contribution in [3.8, 4) is 18.2 Å². The Labute approximate surface area is 146 Å². The van der Waals surface area contributed by atoms with Gasteiger partial charge < -0.3 is 5.41 Å². The van der Waals surface area contributed by atoms with Gasteiger partial charge in [0.25, 0.3) is 0 Å². The highest BCUT2D eigenvalue weighted by Crippen LogP contribution is 2.56. The molecule has 1 aromatic rings. The molecule has 1 saturated carbocycles. The summed E-state index contributed by atoms with van der Waals surface area (Å²) in [6.07, 6.45) is 4.60. The van der Waals surface area contributed by atoms with Crippen molar-refractivity contribution < 1.29 is 0 Å². The Morgan fingerprint density at radius 3 is 2.50 bits per heavy atom. The molecule has 0 bridgehead atoms. The maximum atomic E-state index is 9.85. The first kappa shape index (κ1) is 16.3. The van der Waals surface area contributed by atoms with Crippen LogP contribution in [0.25, 0.3) is 0 Å². The van der Waals surface area contributed by atoms with Crippen molar-refractivity contribution in [3.05, 3.63) is 46.5 Å². The maximum absolute atomic E-state index is 9.85. The van der Waals surface area contributed by atoms with Gasteiger partial charge in [-0.3, -0.25) is 0 Å². The van der Waals surface area contributed by atoms with E-state index in [4.69, 9.17) is 17.0 Å². The number of nitrogens with one attached hydrogen (secondary N) is 1. The molecule has 2 aliphatic carbocycles. The minimum Gasteiger partial charge on any atom is -0.305 e. The second-order valence-electron chi connectivity index (χ2n) is 6.25. The second kappa shape index (κ2) is 6.12. The lowest BCUT2D eigenvalue weighted by atomic mass is 9.53. The molecule has 4 nitrogen and oxygen atoms in total. The van der Waals surface area contributed by atoms with E-state index >= 15 is 0 Å². The molecule has 118 valence electrons. The standard InChI is InChI=1S/C19H15ClN4/c20-16-8-4-3-7-14(16)17-13-6-2-1-5-12(13)15(9-21)18(24)19(17,10-22)11-23/h3-5,7-8,13,15,17,24H,1-2,6H2/t13-,15-,17-/m0/s1. The monoisotopic (exact) mass is 334 g/mol. The van der Waals surface area contributed by atoms with Gasteiger partial charge >= 0.3 is 0 Å². The SMILES string of the molecule is N#C[C@@H]1C(=N)C(C#N)(C#N)[C@H](c2ccccc2Cl)[C@H]2CCCC=C12. The molecule has 24 heavy (non-hydrogen) atoms. The molecule has 1 N–H and O–H groups in total. The minimum absolute atomic E-state index is 0.114. The Hall–Kier alpha value is -2.61. The van der Waals surface area contributed by atoms with Crippen LogP contribution in [-0.2, 0) is 0 Å². The second-order valence-corrected chi connectivity index (χ2v) is 6.66. The van der Waals surface area contributed by atoms with E-state index in [1.54, 1.807) is 12.1 Å². The summed E-state index contributed by atoms with van der Waals surface area (Å²) in [4.78, 5) is 0. The number of fused-ring (bicyclic) bond motifs is 1. The van der Waals surface area contributed by atoms with Crippen molar-refractivity contribution in [2.45, 2.75) is 25.2 Å². The summed E-state index contributed by atoms with van der Waals surface area (Å²) >= 11 is 6.37. The lowest BCUT2D eigenvalue weighted by Gasteiger charge is -2.46. The summed E-state index contributed by atoms with van der Waals surface area (Å²) in [5, 5.41) is 38.2. The molecule has 0 aromatic heterocycles. The van der Waals surface area contributed by atoms with E-state index in [9.17, 15) is 15.8 Å². The van der Waals surface area contributed by atoms with Gasteiger partial charge in [0.1, 0.15) is 5.92 Å². The lowest BCUT2D eigenvalue weighted by Crippen LogP contribution is -2.48. The molecule has 3 rings (SSSR count). The van der Waals surface area contributed by atoms with Crippen LogP contribution in [0.4, 0.5) is 0 Å². The van der Waals surface area contributed by atoms with Crippen molar-refractivity contribution in [2.24, 2.45) is 17.3 Å². The number of allylic oxidation sites excluding steroid dienone is 2. The third-order valence-corrected chi connectivity index (χ3v) is 5.51. The number of nitrogens with zero attached hydrogens (tertiary/aromatic N) is 3. The van der Waals surface area contributed by atoms with Crippen LogP contribution in [0.3, 0.4) is 0 Å². The Bertz CT molecular complexity index is 835. The van der Waals surface area contributed by atoms with Crippen LogP contribution in [-0.4, -0.2) is 5.71 Å².